The molecular formula is C15H24N2O4. The van der Waals surface area contributed by atoms with Crippen LogP contribution in [0, 0.1) is 10.1 Å². The zero-order valence-electron chi connectivity index (χ0n) is 12.5. The van der Waals surface area contributed by atoms with E-state index >= 15 is 0 Å². The second-order valence-electron chi connectivity index (χ2n) is 4.83. The molecule has 0 unspecified atom stereocenters. The molecule has 0 fully saturated rings. The summed E-state index contributed by atoms with van der Waals surface area (Å²) in [6.07, 6.45) is 3.52. The minimum absolute atomic E-state index is 0.0146. The van der Waals surface area contributed by atoms with Crippen molar-refractivity contribution >= 4 is 5.69 Å². The smallest absolute Gasteiger partial charge is 0.311 e. The first-order valence-corrected chi connectivity index (χ1v) is 7.40. The summed E-state index contributed by atoms with van der Waals surface area (Å²) in [5.41, 5.74) is 0.889. The van der Waals surface area contributed by atoms with Crippen molar-refractivity contribution in [2.45, 2.75) is 39.2 Å². The Morgan fingerprint density at radius 1 is 1.29 bits per heavy atom. The molecule has 0 saturated carbocycles. The molecule has 1 rings (SSSR count). The molecule has 0 aliphatic rings. The van der Waals surface area contributed by atoms with E-state index in [4.69, 9.17) is 9.84 Å². The molecule has 2 N–H and O–H groups in total. The molecule has 21 heavy (non-hydrogen) atoms. The number of hydrogen-bond donors (Lipinski definition) is 2. The van der Waals surface area contributed by atoms with Gasteiger partial charge < -0.3 is 15.2 Å². The number of aliphatic hydroxyl groups excluding tert-OH is 1. The van der Waals surface area contributed by atoms with Crippen molar-refractivity contribution in [2.24, 2.45) is 0 Å². The van der Waals surface area contributed by atoms with Gasteiger partial charge >= 0.3 is 5.69 Å². The Labute approximate surface area is 125 Å². The molecule has 0 radical (unpaired) electrons. The number of aliphatic hydroxyl groups is 1. The second kappa shape index (κ2) is 10.1. The predicted octanol–water partition coefficient (Wildman–Crippen LogP) is 2.64. The highest BCUT2D eigenvalue weighted by molar-refractivity contribution is 5.48. The number of nitro benzene ring substituents is 1. The predicted molar refractivity (Wildman–Crippen MR) is 81.5 cm³/mol. The van der Waals surface area contributed by atoms with Crippen molar-refractivity contribution < 1.29 is 14.8 Å². The molecule has 118 valence electrons. The highest BCUT2D eigenvalue weighted by Crippen LogP contribution is 2.28. The lowest BCUT2D eigenvalue weighted by atomic mass is 10.2. The van der Waals surface area contributed by atoms with E-state index in [9.17, 15) is 10.1 Å². The van der Waals surface area contributed by atoms with E-state index < -0.39 is 4.92 Å². The van der Waals surface area contributed by atoms with Gasteiger partial charge in [0.2, 0.25) is 0 Å². The van der Waals surface area contributed by atoms with Crippen molar-refractivity contribution in [1.29, 1.82) is 0 Å². The first-order chi connectivity index (χ1) is 10.2. The van der Waals surface area contributed by atoms with E-state index in [0.717, 1.165) is 37.8 Å². The van der Waals surface area contributed by atoms with Crippen LogP contribution in [-0.2, 0) is 6.54 Å². The van der Waals surface area contributed by atoms with Gasteiger partial charge in [-0.2, -0.15) is 0 Å². The van der Waals surface area contributed by atoms with Crippen LogP contribution in [0.1, 0.15) is 38.2 Å². The summed E-state index contributed by atoms with van der Waals surface area (Å²) in [6.45, 7) is 4.08. The van der Waals surface area contributed by atoms with Crippen molar-refractivity contribution in [3.8, 4) is 5.75 Å². The number of nitro groups is 1. The van der Waals surface area contributed by atoms with Crippen LogP contribution in [0.2, 0.25) is 0 Å². The Bertz CT molecular complexity index is 438. The monoisotopic (exact) mass is 296 g/mol. The van der Waals surface area contributed by atoms with Crippen LogP contribution < -0.4 is 10.1 Å². The first kappa shape index (κ1) is 17.4. The zero-order chi connectivity index (χ0) is 15.5. The van der Waals surface area contributed by atoms with Crippen molar-refractivity contribution in [1.82, 2.24) is 5.32 Å². The quantitative estimate of drug-likeness (QED) is 0.372. The number of unbranched alkanes of at least 4 members (excludes halogenated alkanes) is 3. The van der Waals surface area contributed by atoms with E-state index in [1.54, 1.807) is 12.1 Å². The highest BCUT2D eigenvalue weighted by atomic mass is 16.6. The summed E-state index contributed by atoms with van der Waals surface area (Å²) >= 11 is 0. The molecule has 0 bridgehead atoms. The molecule has 0 aromatic heterocycles. The van der Waals surface area contributed by atoms with Gasteiger partial charge in [0.1, 0.15) is 0 Å². The van der Waals surface area contributed by atoms with Gasteiger partial charge in [0, 0.05) is 19.2 Å². The lowest BCUT2D eigenvalue weighted by Crippen LogP contribution is -2.12. The van der Waals surface area contributed by atoms with Gasteiger partial charge in [-0.1, -0.05) is 19.4 Å². The van der Waals surface area contributed by atoms with Crippen LogP contribution in [0.3, 0.4) is 0 Å². The van der Waals surface area contributed by atoms with E-state index in [1.165, 1.54) is 0 Å². The molecule has 1 aromatic rings. The van der Waals surface area contributed by atoms with Crippen LogP contribution in [0.15, 0.2) is 18.2 Å². The van der Waals surface area contributed by atoms with Gasteiger partial charge in [-0.3, -0.25) is 10.1 Å². The second-order valence-corrected chi connectivity index (χ2v) is 4.83. The molecule has 0 atom stereocenters. The Morgan fingerprint density at radius 2 is 2.05 bits per heavy atom. The van der Waals surface area contributed by atoms with Gasteiger partial charge in [-0.05, 0) is 37.4 Å². The van der Waals surface area contributed by atoms with E-state index in [1.807, 2.05) is 13.0 Å². The largest absolute Gasteiger partial charge is 0.487 e. The third kappa shape index (κ3) is 6.55. The van der Waals surface area contributed by atoms with Gasteiger partial charge in [-0.25, -0.2) is 0 Å². The Morgan fingerprint density at radius 3 is 2.71 bits per heavy atom. The third-order valence-electron chi connectivity index (χ3n) is 3.11. The number of nitrogens with one attached hydrogen (secondary N) is 1. The lowest BCUT2D eigenvalue weighted by molar-refractivity contribution is -0.385. The van der Waals surface area contributed by atoms with E-state index in [0.29, 0.717) is 18.9 Å². The number of ether oxygens (including phenoxy) is 1. The maximum atomic E-state index is 11.1. The highest BCUT2D eigenvalue weighted by Gasteiger charge is 2.15. The SMILES string of the molecule is CCNCc1ccc(OCCCCCCO)c([N+](=O)[O-])c1. The fraction of sp³-hybridized carbons (Fsp3) is 0.600. The van der Waals surface area contributed by atoms with Gasteiger partial charge in [-0.15, -0.1) is 0 Å². The third-order valence-corrected chi connectivity index (χ3v) is 3.11. The maximum absolute atomic E-state index is 11.1. The molecule has 6 nitrogen and oxygen atoms in total. The summed E-state index contributed by atoms with van der Waals surface area (Å²) in [7, 11) is 0. The average molecular weight is 296 g/mol. The first-order valence-electron chi connectivity index (χ1n) is 7.40. The van der Waals surface area contributed by atoms with E-state index in [2.05, 4.69) is 5.32 Å². The number of benzene rings is 1. The fourth-order valence-corrected chi connectivity index (χ4v) is 1.96. The molecule has 0 spiro atoms. The van der Waals surface area contributed by atoms with Crippen molar-refractivity contribution in [3.05, 3.63) is 33.9 Å². The summed E-state index contributed by atoms with van der Waals surface area (Å²) in [4.78, 5) is 10.7. The molecule has 6 heteroatoms. The molecule has 0 heterocycles. The molecular weight excluding hydrogens is 272 g/mol. The minimum Gasteiger partial charge on any atom is -0.487 e. The zero-order valence-corrected chi connectivity index (χ0v) is 12.5. The Hall–Kier alpha value is -1.66. The van der Waals surface area contributed by atoms with E-state index in [-0.39, 0.29) is 12.3 Å². The molecule has 0 saturated heterocycles. The molecule has 0 aliphatic carbocycles. The normalized spacial score (nSPS) is 10.6. The topological polar surface area (TPSA) is 84.6 Å². The summed E-state index contributed by atoms with van der Waals surface area (Å²) in [5, 5.41) is 22.9. The van der Waals surface area contributed by atoms with Crippen LogP contribution in [0.25, 0.3) is 0 Å². The summed E-state index contributed by atoms with van der Waals surface area (Å²) in [6, 6.07) is 5.07. The fourth-order valence-electron chi connectivity index (χ4n) is 1.96. The maximum Gasteiger partial charge on any atom is 0.311 e. The van der Waals surface area contributed by atoms with Crippen LogP contribution in [-0.4, -0.2) is 29.8 Å². The minimum atomic E-state index is -0.406. The number of rotatable bonds is 11. The Balaban J connectivity index is 2.54. The van der Waals surface area contributed by atoms with Crippen molar-refractivity contribution in [2.75, 3.05) is 19.8 Å². The van der Waals surface area contributed by atoms with Crippen LogP contribution >= 0.6 is 0 Å². The van der Waals surface area contributed by atoms with Gasteiger partial charge in [0.15, 0.2) is 5.75 Å². The average Bonchev–Trinajstić information content (AvgIpc) is 2.49. The van der Waals surface area contributed by atoms with Crippen molar-refractivity contribution in [3.63, 3.8) is 0 Å². The molecule has 0 aliphatic heterocycles. The van der Waals surface area contributed by atoms with Gasteiger partial charge in [0.05, 0.1) is 11.5 Å². The summed E-state index contributed by atoms with van der Waals surface area (Å²) < 4.78 is 5.51. The van der Waals surface area contributed by atoms with Gasteiger partial charge in [0.25, 0.3) is 0 Å². The van der Waals surface area contributed by atoms with Crippen LogP contribution in [0.4, 0.5) is 5.69 Å². The summed E-state index contributed by atoms with van der Waals surface area (Å²) in [5.74, 6) is 0.322. The van der Waals surface area contributed by atoms with Crippen LogP contribution in [0.5, 0.6) is 5.75 Å². The number of hydrogen-bond acceptors (Lipinski definition) is 5. The Kier molecular flexibility index (Phi) is 8.38. The lowest BCUT2D eigenvalue weighted by Gasteiger charge is -2.08. The molecule has 0 amide bonds. The standard InChI is InChI=1S/C15H24N2O4/c1-2-16-12-13-7-8-15(14(11-13)17(19)20)21-10-6-4-3-5-9-18/h7-8,11,16,18H,2-6,9-10,12H2,1H3. The number of nitrogens with zero attached hydrogens (tertiary/aromatic N) is 1. The molecule has 1 aromatic carbocycles.